The number of hydrogen-bond acceptors (Lipinski definition) is 6. The first kappa shape index (κ1) is 24.4. The average Bonchev–Trinajstić information content (AvgIpc) is 3.37. The van der Waals surface area contributed by atoms with Crippen molar-refractivity contribution >= 4 is 33.2 Å². The summed E-state index contributed by atoms with van der Waals surface area (Å²) < 4.78 is 38.9. The van der Waals surface area contributed by atoms with E-state index in [1.165, 1.54) is 12.1 Å². The van der Waals surface area contributed by atoms with Gasteiger partial charge in [0, 0.05) is 37.7 Å². The van der Waals surface area contributed by atoms with Gasteiger partial charge in [0.05, 0.1) is 10.6 Å². The quantitative estimate of drug-likeness (QED) is 0.467. The van der Waals surface area contributed by atoms with Crippen molar-refractivity contribution in [1.29, 1.82) is 0 Å². The highest BCUT2D eigenvalue weighted by Gasteiger charge is 2.30. The molecule has 36 heavy (non-hydrogen) atoms. The number of piperazine rings is 1. The van der Waals surface area contributed by atoms with Crippen LogP contribution in [-0.4, -0.2) is 63.6 Å². The van der Waals surface area contributed by atoms with Gasteiger partial charge in [-0.25, -0.2) is 8.42 Å². The van der Waals surface area contributed by atoms with Crippen LogP contribution >= 0.6 is 11.6 Å². The molecule has 188 valence electrons. The fourth-order valence-electron chi connectivity index (χ4n) is 4.32. The first-order valence-corrected chi connectivity index (χ1v) is 13.4. The van der Waals surface area contributed by atoms with E-state index in [1.807, 2.05) is 18.2 Å². The first-order valence-electron chi connectivity index (χ1n) is 11.6. The van der Waals surface area contributed by atoms with Crippen molar-refractivity contribution in [2.45, 2.75) is 11.4 Å². The Morgan fingerprint density at radius 2 is 1.58 bits per heavy atom. The lowest BCUT2D eigenvalue weighted by Gasteiger charge is -2.36. The molecule has 0 aliphatic carbocycles. The number of fused-ring (bicyclic) bond motifs is 1. The van der Waals surface area contributed by atoms with Crippen LogP contribution in [-0.2, 0) is 21.4 Å². The van der Waals surface area contributed by atoms with E-state index in [-0.39, 0.29) is 24.1 Å². The van der Waals surface area contributed by atoms with Crippen molar-refractivity contribution in [3.05, 3.63) is 83.4 Å². The van der Waals surface area contributed by atoms with E-state index in [1.54, 1.807) is 47.4 Å². The Morgan fingerprint density at radius 3 is 2.31 bits per heavy atom. The summed E-state index contributed by atoms with van der Waals surface area (Å²) in [5, 5.41) is 0.487. The van der Waals surface area contributed by atoms with Crippen molar-refractivity contribution in [3.63, 3.8) is 0 Å². The predicted molar refractivity (Wildman–Crippen MR) is 137 cm³/mol. The van der Waals surface area contributed by atoms with Crippen LogP contribution in [0.5, 0.6) is 11.5 Å². The van der Waals surface area contributed by atoms with Crippen LogP contribution in [0.2, 0.25) is 5.02 Å². The average molecular weight is 528 g/mol. The lowest BCUT2D eigenvalue weighted by Crippen LogP contribution is -2.51. The van der Waals surface area contributed by atoms with Crippen LogP contribution in [0.3, 0.4) is 0 Å². The molecule has 0 spiro atoms. The molecule has 5 rings (SSSR count). The molecule has 10 heteroatoms. The maximum absolute atomic E-state index is 13.5. The minimum Gasteiger partial charge on any atom is -0.454 e. The fraction of sp³-hybridized carbons (Fsp3) is 0.269. The molecule has 0 radical (unpaired) electrons. The largest absolute Gasteiger partial charge is 0.454 e. The molecule has 2 heterocycles. The fourth-order valence-corrected chi connectivity index (χ4v) is 5.88. The summed E-state index contributed by atoms with van der Waals surface area (Å²) in [5.74, 6) is 1.26. The molecule has 1 fully saturated rings. The molecule has 0 saturated carbocycles. The van der Waals surface area contributed by atoms with Crippen LogP contribution in [0.15, 0.2) is 77.7 Å². The zero-order valence-corrected chi connectivity index (χ0v) is 21.1. The summed E-state index contributed by atoms with van der Waals surface area (Å²) in [6.45, 7) is 3.09. The maximum Gasteiger partial charge on any atom is 0.264 e. The van der Waals surface area contributed by atoms with E-state index in [4.69, 9.17) is 21.1 Å². The number of ether oxygens (including phenoxy) is 2. The zero-order valence-electron chi connectivity index (χ0n) is 19.5. The Kier molecular flexibility index (Phi) is 7.04. The van der Waals surface area contributed by atoms with Gasteiger partial charge in [0.15, 0.2) is 11.5 Å². The van der Waals surface area contributed by atoms with E-state index >= 15 is 0 Å². The Morgan fingerprint density at radius 1 is 0.889 bits per heavy atom. The number of rotatable bonds is 7. The van der Waals surface area contributed by atoms with Gasteiger partial charge in [0.25, 0.3) is 10.0 Å². The molecular weight excluding hydrogens is 502 g/mol. The number of nitrogens with zero attached hydrogens (tertiary/aromatic N) is 3. The molecule has 1 saturated heterocycles. The summed E-state index contributed by atoms with van der Waals surface area (Å²) in [6, 6.07) is 20.5. The third-order valence-electron chi connectivity index (χ3n) is 6.29. The normalized spacial score (nSPS) is 15.6. The second kappa shape index (κ2) is 10.4. The summed E-state index contributed by atoms with van der Waals surface area (Å²) in [6.07, 6.45) is 0. The number of amides is 1. The monoisotopic (exact) mass is 527 g/mol. The molecule has 2 aliphatic heterocycles. The molecule has 0 unspecified atom stereocenters. The van der Waals surface area contributed by atoms with Gasteiger partial charge in [-0.1, -0.05) is 35.9 Å². The second-order valence-corrected chi connectivity index (χ2v) is 10.9. The molecule has 0 aromatic heterocycles. The highest BCUT2D eigenvalue weighted by molar-refractivity contribution is 7.92. The lowest BCUT2D eigenvalue weighted by molar-refractivity contribution is -0.131. The molecule has 1 amide bonds. The summed E-state index contributed by atoms with van der Waals surface area (Å²) in [7, 11) is -3.95. The lowest BCUT2D eigenvalue weighted by atomic mass is 10.1. The van der Waals surface area contributed by atoms with Crippen molar-refractivity contribution in [2.75, 3.05) is 43.8 Å². The number of hydrogen-bond donors (Lipinski definition) is 0. The molecule has 0 atom stereocenters. The number of halogens is 1. The van der Waals surface area contributed by atoms with Gasteiger partial charge in [0.1, 0.15) is 6.54 Å². The third-order valence-corrected chi connectivity index (χ3v) is 8.33. The van der Waals surface area contributed by atoms with Gasteiger partial charge in [-0.05, 0) is 54.1 Å². The van der Waals surface area contributed by atoms with Gasteiger partial charge in [-0.15, -0.1) is 0 Å². The van der Waals surface area contributed by atoms with Gasteiger partial charge < -0.3 is 14.4 Å². The molecule has 8 nitrogen and oxygen atoms in total. The van der Waals surface area contributed by atoms with E-state index < -0.39 is 10.0 Å². The van der Waals surface area contributed by atoms with Crippen LogP contribution in [0.25, 0.3) is 0 Å². The zero-order chi connectivity index (χ0) is 25.1. The van der Waals surface area contributed by atoms with Gasteiger partial charge >= 0.3 is 0 Å². The van der Waals surface area contributed by atoms with Crippen molar-refractivity contribution in [3.8, 4) is 11.5 Å². The minimum atomic E-state index is -3.95. The number of anilines is 1. The molecule has 3 aromatic rings. The van der Waals surface area contributed by atoms with Gasteiger partial charge in [0.2, 0.25) is 12.7 Å². The van der Waals surface area contributed by atoms with Crippen molar-refractivity contribution in [2.24, 2.45) is 0 Å². The molecule has 0 N–H and O–H groups in total. The SMILES string of the molecule is O=C(CN(c1ccc(Cl)cc1)S(=O)(=O)c1ccccc1)N1CCN(Cc2ccc3c(c2)OCO3)CC1. The topological polar surface area (TPSA) is 79.4 Å². The second-order valence-electron chi connectivity index (χ2n) is 8.65. The van der Waals surface area contributed by atoms with E-state index in [0.29, 0.717) is 36.9 Å². The van der Waals surface area contributed by atoms with Crippen molar-refractivity contribution in [1.82, 2.24) is 9.80 Å². The van der Waals surface area contributed by atoms with Crippen LogP contribution in [0.1, 0.15) is 5.56 Å². The number of carbonyl (C=O) groups excluding carboxylic acids is 1. The highest BCUT2D eigenvalue weighted by Crippen LogP contribution is 2.33. The van der Waals surface area contributed by atoms with Crippen molar-refractivity contribution < 1.29 is 22.7 Å². The summed E-state index contributed by atoms with van der Waals surface area (Å²) in [4.78, 5) is 17.4. The maximum atomic E-state index is 13.5. The molecule has 3 aromatic carbocycles. The highest BCUT2D eigenvalue weighted by atomic mass is 35.5. The molecule has 0 bridgehead atoms. The Labute approximate surface area is 215 Å². The van der Waals surface area contributed by atoms with Crippen LogP contribution in [0, 0.1) is 0 Å². The molecule has 2 aliphatic rings. The standard InChI is InChI=1S/C26H26ClN3O5S/c27-21-7-9-22(10-8-21)30(36(32,33)23-4-2-1-3-5-23)18-26(31)29-14-12-28(13-15-29)17-20-6-11-24-25(16-20)35-19-34-24/h1-11,16H,12-15,17-19H2. The predicted octanol–water partition coefficient (Wildman–Crippen LogP) is 3.61. The van der Waals surface area contributed by atoms with E-state index in [0.717, 1.165) is 27.9 Å². The number of sulfonamides is 1. The van der Waals surface area contributed by atoms with Gasteiger partial charge in [-0.3, -0.25) is 14.0 Å². The summed E-state index contributed by atoms with van der Waals surface area (Å²) in [5.41, 5.74) is 1.50. The number of carbonyl (C=O) groups is 1. The van der Waals surface area contributed by atoms with E-state index in [9.17, 15) is 13.2 Å². The van der Waals surface area contributed by atoms with Gasteiger partial charge in [-0.2, -0.15) is 0 Å². The molecular formula is C26H26ClN3O5S. The Bertz CT molecular complexity index is 1330. The Balaban J connectivity index is 1.26. The number of benzene rings is 3. The smallest absolute Gasteiger partial charge is 0.264 e. The summed E-state index contributed by atoms with van der Waals surface area (Å²) >= 11 is 6.01. The van der Waals surface area contributed by atoms with Crippen LogP contribution in [0.4, 0.5) is 5.69 Å². The van der Waals surface area contributed by atoms with Crippen LogP contribution < -0.4 is 13.8 Å². The minimum absolute atomic E-state index is 0.126. The van der Waals surface area contributed by atoms with E-state index in [2.05, 4.69) is 4.90 Å². The first-order chi connectivity index (χ1) is 17.4. The third kappa shape index (κ3) is 5.28. The Hall–Kier alpha value is -3.27.